The van der Waals surface area contributed by atoms with Crippen LogP contribution in [-0.4, -0.2) is 0 Å². The number of fused-ring (bicyclic) bond motifs is 2. The van der Waals surface area contributed by atoms with Crippen LogP contribution in [-0.2, 0) is 14.1 Å². The van der Waals surface area contributed by atoms with E-state index in [1.54, 1.807) is 11.1 Å². The van der Waals surface area contributed by atoms with Crippen molar-refractivity contribution in [1.29, 1.82) is 0 Å². The summed E-state index contributed by atoms with van der Waals surface area (Å²) >= 11 is 3.88. The lowest BCUT2D eigenvalue weighted by molar-refractivity contribution is -0.645. The smallest absolute Gasteiger partial charge is 0.212 e. The molecule has 2 nitrogen and oxygen atoms in total. The van der Waals surface area contributed by atoms with Crippen molar-refractivity contribution >= 4 is 55.6 Å². The normalized spacial score (nSPS) is 13.1. The molecule has 4 heterocycles. The molecule has 0 spiro atoms. The Bertz CT molecular complexity index is 1810. The number of thiophene rings is 2. The molecule has 1 aliphatic rings. The van der Waals surface area contributed by atoms with Gasteiger partial charge in [-0.1, -0.05) is 24.3 Å². The van der Waals surface area contributed by atoms with Gasteiger partial charge in [0.05, 0.1) is 10.8 Å². The molecule has 2 aromatic carbocycles. The zero-order valence-corrected chi connectivity index (χ0v) is 29.6. The fraction of sp³-hybridized carbons (Fsp3) is 0.200. The van der Waals surface area contributed by atoms with Gasteiger partial charge in [0, 0.05) is 54.9 Å². The van der Waals surface area contributed by atoms with Crippen LogP contribution >= 0.6 is 22.7 Å². The number of benzene rings is 2. The van der Waals surface area contributed by atoms with E-state index in [9.17, 15) is 0 Å². The van der Waals surface area contributed by atoms with Crippen LogP contribution in [0.25, 0.3) is 53.8 Å². The lowest BCUT2D eigenvalue weighted by Gasteiger charge is -2.08. The van der Waals surface area contributed by atoms with Crippen LogP contribution in [0.1, 0.15) is 40.1 Å². The van der Waals surface area contributed by atoms with Gasteiger partial charge in [-0.3, -0.25) is 0 Å². The van der Waals surface area contributed by atoms with Crippen molar-refractivity contribution in [3.8, 4) is 20.9 Å². The van der Waals surface area contributed by atoms with Gasteiger partial charge in [-0.15, -0.1) is 22.7 Å². The van der Waals surface area contributed by atoms with Crippen LogP contribution in [0.15, 0.2) is 85.2 Å². The van der Waals surface area contributed by atoms with Crippen LogP contribution in [0.2, 0.25) is 0 Å². The maximum atomic E-state index is 2.47. The zero-order valence-electron chi connectivity index (χ0n) is 23.7. The van der Waals surface area contributed by atoms with Crippen LogP contribution in [0.3, 0.4) is 0 Å². The summed E-state index contributed by atoms with van der Waals surface area (Å²) in [7, 11) is 4.26. The Kier molecular flexibility index (Phi) is 9.04. The molecule has 0 radical (unpaired) electrons. The Morgan fingerprint density at radius 1 is 0.561 bits per heavy atom. The maximum absolute atomic E-state index is 2.47. The quantitative estimate of drug-likeness (QED) is 0.192. The van der Waals surface area contributed by atoms with E-state index in [0.29, 0.717) is 0 Å². The van der Waals surface area contributed by atoms with E-state index in [1.165, 1.54) is 70.0 Å². The summed E-state index contributed by atoms with van der Waals surface area (Å²) in [6, 6.07) is 27.1. The molecule has 0 N–H and O–H groups in total. The molecular weight excluding hydrogens is 766 g/mol. The van der Waals surface area contributed by atoms with E-state index < -0.39 is 0 Å². The highest BCUT2D eigenvalue weighted by molar-refractivity contribution is 7.16. The van der Waals surface area contributed by atoms with E-state index in [1.807, 2.05) is 22.7 Å². The number of halogens is 2. The highest BCUT2D eigenvalue weighted by Gasteiger charge is 2.24. The molecule has 0 saturated heterocycles. The number of rotatable bonds is 4. The van der Waals surface area contributed by atoms with E-state index >= 15 is 0 Å². The number of aromatic nitrogens is 2. The average Bonchev–Trinajstić information content (AvgIpc) is 3.66. The molecule has 0 amide bonds. The molecule has 0 saturated carbocycles. The molecule has 1 aliphatic carbocycles. The Labute approximate surface area is 284 Å². The summed E-state index contributed by atoms with van der Waals surface area (Å²) in [5.74, 6) is 0. The van der Waals surface area contributed by atoms with Gasteiger partial charge in [-0.05, 0) is 79.6 Å². The van der Waals surface area contributed by atoms with Crippen LogP contribution in [0.4, 0.5) is 0 Å². The first-order chi connectivity index (χ1) is 19.0. The molecule has 4 aromatic heterocycles. The van der Waals surface area contributed by atoms with Crippen LogP contribution in [0.5, 0.6) is 0 Å². The molecule has 0 aliphatic heterocycles. The zero-order chi connectivity index (χ0) is 26.7. The molecule has 7 rings (SSSR count). The predicted octanol–water partition coefficient (Wildman–Crippen LogP) is 2.82. The summed E-state index contributed by atoms with van der Waals surface area (Å²) in [5.41, 5.74) is 11.2. The number of allylic oxidation sites excluding steroid dienone is 2. The third-order valence-electron chi connectivity index (χ3n) is 8.31. The second-order valence-corrected chi connectivity index (χ2v) is 13.2. The van der Waals surface area contributed by atoms with Crippen LogP contribution < -0.4 is 57.1 Å². The van der Waals surface area contributed by atoms with Gasteiger partial charge in [-0.25, -0.2) is 9.13 Å². The second-order valence-electron chi connectivity index (χ2n) is 10.7. The minimum absolute atomic E-state index is 0. The first kappa shape index (κ1) is 30.3. The van der Waals surface area contributed by atoms with Gasteiger partial charge in [0.25, 0.3) is 0 Å². The highest BCUT2D eigenvalue weighted by Crippen LogP contribution is 2.48. The molecule has 6 aromatic rings. The Morgan fingerprint density at radius 3 is 1.44 bits per heavy atom. The van der Waals surface area contributed by atoms with Crippen LogP contribution in [0, 0.1) is 13.8 Å². The topological polar surface area (TPSA) is 7.76 Å². The Balaban J connectivity index is 0.00000169. The number of nitrogens with zero attached hydrogens (tertiary/aromatic N) is 2. The molecule has 208 valence electrons. The summed E-state index contributed by atoms with van der Waals surface area (Å²) in [6.45, 7) is 4.61. The molecule has 0 unspecified atom stereocenters. The minimum Gasteiger partial charge on any atom is -1.00 e. The highest BCUT2D eigenvalue weighted by atomic mass is 127. The van der Waals surface area contributed by atoms with Crippen molar-refractivity contribution in [2.45, 2.75) is 33.1 Å². The standard InChI is InChI=1S/C35H32N2S2.2HI/c1-22-30(20-34(38-22)28-12-6-16-32-26(28)14-8-18-36(32)3)24-10-5-11-25(24)31-21-35(39-23(31)2)29-13-7-17-33-27(29)15-9-19-37(33)4;;/h6-9,12-21H,5,10-11H2,1-4H3;2*1H/q+2;;/p-2. The summed E-state index contributed by atoms with van der Waals surface area (Å²) in [5, 5.41) is 2.63. The van der Waals surface area contributed by atoms with Crippen molar-refractivity contribution in [2.75, 3.05) is 0 Å². The molecule has 0 atom stereocenters. The van der Waals surface area contributed by atoms with E-state index in [4.69, 9.17) is 0 Å². The minimum atomic E-state index is 0. The average molecular weight is 799 g/mol. The van der Waals surface area contributed by atoms with Gasteiger partial charge < -0.3 is 48.0 Å². The van der Waals surface area contributed by atoms with E-state index in [-0.39, 0.29) is 48.0 Å². The van der Waals surface area contributed by atoms with Crippen molar-refractivity contribution in [3.05, 3.63) is 106 Å². The van der Waals surface area contributed by atoms with Gasteiger partial charge >= 0.3 is 0 Å². The molecule has 41 heavy (non-hydrogen) atoms. The third-order valence-corrected chi connectivity index (χ3v) is 10.5. The van der Waals surface area contributed by atoms with Gasteiger partial charge in [-0.2, -0.15) is 0 Å². The Morgan fingerprint density at radius 2 is 1.00 bits per heavy atom. The predicted molar refractivity (Wildman–Crippen MR) is 167 cm³/mol. The summed E-state index contributed by atoms with van der Waals surface area (Å²) in [6.07, 6.45) is 7.80. The maximum Gasteiger partial charge on any atom is 0.212 e. The van der Waals surface area contributed by atoms with Gasteiger partial charge in [0.1, 0.15) is 14.1 Å². The SMILES string of the molecule is Cc1sc(-c2cccc3c2ccc[n+]3C)cc1C1=C(c2cc(-c3cccc4c3ccc[n+]4C)sc2C)CCC1.[I-].[I-]. The van der Waals surface area contributed by atoms with Crippen molar-refractivity contribution in [1.82, 2.24) is 0 Å². The second kappa shape index (κ2) is 12.2. The monoisotopic (exact) mass is 798 g/mol. The number of aryl methyl sites for hydroxylation is 4. The molecular formula is C35H32I2N2S2. The Hall–Kier alpha value is -2.14. The van der Waals surface area contributed by atoms with Gasteiger partial charge in [0.2, 0.25) is 11.0 Å². The number of hydrogen-bond acceptors (Lipinski definition) is 2. The summed E-state index contributed by atoms with van der Waals surface area (Å²) < 4.78 is 4.43. The molecule has 0 bridgehead atoms. The largest absolute Gasteiger partial charge is 1.00 e. The van der Waals surface area contributed by atoms with E-state index in [2.05, 4.69) is 122 Å². The third kappa shape index (κ3) is 5.30. The fourth-order valence-corrected chi connectivity index (χ4v) is 8.54. The van der Waals surface area contributed by atoms with Crippen molar-refractivity contribution in [2.24, 2.45) is 14.1 Å². The van der Waals surface area contributed by atoms with Crippen molar-refractivity contribution in [3.63, 3.8) is 0 Å². The molecule has 0 fully saturated rings. The number of pyridine rings is 2. The lowest BCUT2D eigenvalue weighted by Crippen LogP contribution is -3.00. The molecule has 6 heteroatoms. The summed E-state index contributed by atoms with van der Waals surface area (Å²) in [4.78, 5) is 5.58. The van der Waals surface area contributed by atoms with Crippen molar-refractivity contribution < 1.29 is 57.1 Å². The first-order valence-electron chi connectivity index (χ1n) is 13.7. The number of hydrogen-bond donors (Lipinski definition) is 0. The fourth-order valence-electron chi connectivity index (χ4n) is 6.37. The van der Waals surface area contributed by atoms with Gasteiger partial charge in [0.15, 0.2) is 12.4 Å². The lowest BCUT2D eigenvalue weighted by atomic mass is 9.96. The first-order valence-corrected chi connectivity index (χ1v) is 15.3. The van der Waals surface area contributed by atoms with E-state index in [0.717, 1.165) is 12.8 Å².